The van der Waals surface area contributed by atoms with Crippen LogP contribution in [0.1, 0.15) is 17.5 Å². The minimum absolute atomic E-state index is 0.00776. The van der Waals surface area contributed by atoms with Crippen molar-refractivity contribution in [2.75, 3.05) is 19.5 Å². The van der Waals surface area contributed by atoms with Crippen LogP contribution in [0.5, 0.6) is 5.75 Å². The van der Waals surface area contributed by atoms with E-state index in [0.717, 1.165) is 17.7 Å². The largest absolute Gasteiger partial charge is 0.496 e. The van der Waals surface area contributed by atoms with Crippen LogP contribution in [0.4, 0.5) is 0 Å². The topological polar surface area (TPSA) is 38.3 Å². The molecule has 1 aromatic carbocycles. The molecule has 0 heterocycles. The van der Waals surface area contributed by atoms with Crippen LogP contribution in [0.15, 0.2) is 18.2 Å². The highest BCUT2D eigenvalue weighted by Gasteiger charge is 2.04. The van der Waals surface area contributed by atoms with E-state index in [2.05, 4.69) is 11.4 Å². The minimum atomic E-state index is -0.00776. The molecule has 3 nitrogen and oxygen atoms in total. The van der Waals surface area contributed by atoms with E-state index in [9.17, 15) is 4.79 Å². The monoisotopic (exact) mass is 255 g/mol. The van der Waals surface area contributed by atoms with E-state index in [0.29, 0.717) is 18.8 Å². The summed E-state index contributed by atoms with van der Waals surface area (Å²) in [5.74, 6) is 1.22. The Kier molecular flexibility index (Phi) is 5.84. The van der Waals surface area contributed by atoms with Crippen LogP contribution in [-0.2, 0) is 11.2 Å². The van der Waals surface area contributed by atoms with Crippen LogP contribution in [0.2, 0.25) is 0 Å². The van der Waals surface area contributed by atoms with Gasteiger partial charge in [0.25, 0.3) is 0 Å². The molecule has 4 heteroatoms. The second-order valence-corrected chi connectivity index (χ2v) is 4.23. The Morgan fingerprint density at radius 3 is 2.88 bits per heavy atom. The molecule has 0 saturated heterocycles. The van der Waals surface area contributed by atoms with Gasteiger partial charge in [-0.3, -0.25) is 4.79 Å². The first-order valence-corrected chi connectivity index (χ1v) is 6.17. The molecule has 1 rings (SSSR count). The lowest BCUT2D eigenvalue weighted by Gasteiger charge is -2.10. The van der Waals surface area contributed by atoms with Gasteiger partial charge >= 0.3 is 0 Å². The van der Waals surface area contributed by atoms with Gasteiger partial charge < -0.3 is 10.1 Å². The number of halogens is 1. The van der Waals surface area contributed by atoms with Gasteiger partial charge in [-0.15, -0.1) is 11.6 Å². The lowest BCUT2D eigenvalue weighted by atomic mass is 10.1. The summed E-state index contributed by atoms with van der Waals surface area (Å²) in [7, 11) is 1.65. The summed E-state index contributed by atoms with van der Waals surface area (Å²) in [6.45, 7) is 2.64. The van der Waals surface area contributed by atoms with E-state index in [1.54, 1.807) is 7.11 Å². The number of methoxy groups -OCH3 is 1. The number of nitrogens with one attached hydrogen (secondary N) is 1. The molecule has 0 saturated carbocycles. The summed E-state index contributed by atoms with van der Waals surface area (Å²) < 4.78 is 5.27. The fourth-order valence-corrected chi connectivity index (χ4v) is 1.79. The molecule has 0 unspecified atom stereocenters. The smallest absolute Gasteiger partial charge is 0.221 e. The molecule has 0 aliphatic heterocycles. The van der Waals surface area contributed by atoms with Gasteiger partial charge in [0.1, 0.15) is 5.75 Å². The first-order valence-electron chi connectivity index (χ1n) is 5.63. The van der Waals surface area contributed by atoms with Crippen LogP contribution < -0.4 is 10.1 Å². The average molecular weight is 256 g/mol. The molecule has 0 bridgehead atoms. The predicted molar refractivity (Wildman–Crippen MR) is 69.8 cm³/mol. The standard InChI is InChI=1S/C13H18ClNO2/c1-10-3-4-12(17-2)11(9-10)6-8-15-13(16)5-7-14/h3-4,9H,5-8H2,1-2H3,(H,15,16). The van der Waals surface area contributed by atoms with Crippen molar-refractivity contribution < 1.29 is 9.53 Å². The minimum Gasteiger partial charge on any atom is -0.496 e. The number of aryl methyl sites for hydroxylation is 1. The van der Waals surface area contributed by atoms with Gasteiger partial charge in [0.2, 0.25) is 5.91 Å². The molecule has 0 spiro atoms. The van der Waals surface area contributed by atoms with Crippen molar-refractivity contribution in [2.24, 2.45) is 0 Å². The number of ether oxygens (including phenoxy) is 1. The van der Waals surface area contributed by atoms with Gasteiger partial charge in [0.05, 0.1) is 7.11 Å². The Balaban J connectivity index is 2.50. The fraction of sp³-hybridized carbons (Fsp3) is 0.462. The Bertz CT molecular complexity index is 380. The highest BCUT2D eigenvalue weighted by molar-refractivity contribution is 6.18. The normalized spacial score (nSPS) is 10.1. The molecule has 0 aliphatic carbocycles. The van der Waals surface area contributed by atoms with Crippen LogP contribution in [0, 0.1) is 6.92 Å². The van der Waals surface area contributed by atoms with Crippen molar-refractivity contribution >= 4 is 17.5 Å². The first-order chi connectivity index (χ1) is 8.17. The van der Waals surface area contributed by atoms with Gasteiger partial charge in [-0.25, -0.2) is 0 Å². The van der Waals surface area contributed by atoms with Gasteiger partial charge in [0, 0.05) is 18.8 Å². The lowest BCUT2D eigenvalue weighted by molar-refractivity contribution is -0.120. The van der Waals surface area contributed by atoms with Crippen LogP contribution >= 0.6 is 11.6 Å². The Hall–Kier alpha value is -1.22. The molecular formula is C13H18ClNO2. The van der Waals surface area contributed by atoms with Gasteiger partial charge in [-0.05, 0) is 25.0 Å². The van der Waals surface area contributed by atoms with Crippen LogP contribution in [-0.4, -0.2) is 25.4 Å². The number of hydrogen-bond acceptors (Lipinski definition) is 2. The van der Waals surface area contributed by atoms with Crippen molar-refractivity contribution in [3.63, 3.8) is 0 Å². The maximum Gasteiger partial charge on any atom is 0.221 e. The van der Waals surface area contributed by atoms with Crippen LogP contribution in [0.3, 0.4) is 0 Å². The third-order valence-electron chi connectivity index (χ3n) is 2.47. The molecule has 0 atom stereocenters. The summed E-state index contributed by atoms with van der Waals surface area (Å²) in [6, 6.07) is 6.03. The molecule has 17 heavy (non-hydrogen) atoms. The molecule has 0 fully saturated rings. The fourth-order valence-electron chi connectivity index (χ4n) is 1.61. The zero-order valence-electron chi connectivity index (χ0n) is 10.3. The Labute approximate surface area is 107 Å². The molecular weight excluding hydrogens is 238 g/mol. The van der Waals surface area contributed by atoms with Crippen molar-refractivity contribution in [1.82, 2.24) is 5.32 Å². The van der Waals surface area contributed by atoms with Crippen molar-refractivity contribution in [1.29, 1.82) is 0 Å². The van der Waals surface area contributed by atoms with Crippen molar-refractivity contribution in [3.05, 3.63) is 29.3 Å². The van der Waals surface area contributed by atoms with E-state index in [4.69, 9.17) is 16.3 Å². The highest BCUT2D eigenvalue weighted by atomic mass is 35.5. The number of amides is 1. The van der Waals surface area contributed by atoms with E-state index in [-0.39, 0.29) is 5.91 Å². The van der Waals surface area contributed by atoms with E-state index < -0.39 is 0 Å². The number of hydrogen-bond donors (Lipinski definition) is 1. The number of alkyl halides is 1. The zero-order chi connectivity index (χ0) is 12.7. The molecule has 0 aliphatic rings. The molecule has 1 amide bonds. The summed E-state index contributed by atoms with van der Waals surface area (Å²) in [5, 5.41) is 2.82. The molecule has 1 N–H and O–H groups in total. The molecule has 0 aromatic heterocycles. The maximum atomic E-state index is 11.2. The number of rotatable bonds is 6. The average Bonchev–Trinajstić information content (AvgIpc) is 2.30. The first kappa shape index (κ1) is 13.8. The summed E-state index contributed by atoms with van der Waals surface area (Å²) in [5.41, 5.74) is 2.30. The lowest BCUT2D eigenvalue weighted by Crippen LogP contribution is -2.25. The zero-order valence-corrected chi connectivity index (χ0v) is 11.0. The van der Waals surface area contributed by atoms with E-state index in [1.165, 1.54) is 5.56 Å². The SMILES string of the molecule is COc1ccc(C)cc1CCNC(=O)CCCl. The highest BCUT2D eigenvalue weighted by Crippen LogP contribution is 2.19. The Morgan fingerprint density at radius 1 is 1.47 bits per heavy atom. The molecule has 1 aromatic rings. The number of benzene rings is 1. The van der Waals surface area contributed by atoms with Crippen LogP contribution in [0.25, 0.3) is 0 Å². The molecule has 94 valence electrons. The molecule has 0 radical (unpaired) electrons. The van der Waals surface area contributed by atoms with Gasteiger partial charge in [0.15, 0.2) is 0 Å². The van der Waals surface area contributed by atoms with Crippen molar-refractivity contribution in [2.45, 2.75) is 19.8 Å². The third kappa shape index (κ3) is 4.65. The predicted octanol–water partition coefficient (Wildman–Crippen LogP) is 2.29. The Morgan fingerprint density at radius 2 is 2.24 bits per heavy atom. The van der Waals surface area contributed by atoms with Gasteiger partial charge in [-0.2, -0.15) is 0 Å². The van der Waals surface area contributed by atoms with E-state index in [1.807, 2.05) is 19.1 Å². The number of carbonyl (C=O) groups is 1. The second-order valence-electron chi connectivity index (χ2n) is 3.85. The quantitative estimate of drug-likeness (QED) is 0.792. The van der Waals surface area contributed by atoms with Crippen molar-refractivity contribution in [3.8, 4) is 5.75 Å². The van der Waals surface area contributed by atoms with E-state index >= 15 is 0 Å². The summed E-state index contributed by atoms with van der Waals surface area (Å²) in [4.78, 5) is 11.2. The summed E-state index contributed by atoms with van der Waals surface area (Å²) in [6.07, 6.45) is 1.13. The third-order valence-corrected chi connectivity index (χ3v) is 2.66. The maximum absolute atomic E-state index is 11.2. The second kappa shape index (κ2) is 7.17. The van der Waals surface area contributed by atoms with Gasteiger partial charge in [-0.1, -0.05) is 17.7 Å². The summed E-state index contributed by atoms with van der Waals surface area (Å²) >= 11 is 5.48. The number of carbonyl (C=O) groups excluding carboxylic acids is 1.